The van der Waals surface area contributed by atoms with Gasteiger partial charge in [0.25, 0.3) is 0 Å². The summed E-state index contributed by atoms with van der Waals surface area (Å²) in [5.41, 5.74) is -0.118. The monoisotopic (exact) mass is 257 g/mol. The zero-order valence-corrected chi connectivity index (χ0v) is 12.6. The van der Waals surface area contributed by atoms with E-state index in [0.29, 0.717) is 0 Å². The van der Waals surface area contributed by atoms with Gasteiger partial charge in [0, 0.05) is 11.6 Å². The van der Waals surface area contributed by atoms with E-state index in [1.54, 1.807) is 0 Å². The number of hydrogen-bond donors (Lipinski definition) is 2. The van der Waals surface area contributed by atoms with Crippen molar-refractivity contribution in [1.82, 2.24) is 15.1 Å². The molecule has 0 aliphatic carbocycles. The Bertz CT molecular complexity index is 227. The molecule has 0 amide bonds. The number of aliphatic hydroxyl groups is 1. The predicted octanol–water partition coefficient (Wildman–Crippen LogP) is 0.763. The van der Waals surface area contributed by atoms with Gasteiger partial charge in [-0.05, 0) is 66.5 Å². The van der Waals surface area contributed by atoms with E-state index in [0.717, 1.165) is 25.6 Å². The summed E-state index contributed by atoms with van der Waals surface area (Å²) in [7, 11) is 4.35. The Morgan fingerprint density at radius 1 is 1.33 bits per heavy atom. The average Bonchev–Trinajstić information content (AvgIpc) is 2.37. The molecule has 0 aromatic heterocycles. The molecule has 0 aromatic rings. The normalized spacial score (nSPS) is 22.3. The molecule has 1 fully saturated rings. The lowest BCUT2D eigenvalue weighted by atomic mass is 9.97. The summed E-state index contributed by atoms with van der Waals surface area (Å²) in [5, 5.41) is 12.9. The number of nitrogens with one attached hydrogen (secondary N) is 1. The zero-order chi connectivity index (χ0) is 13.6. The molecule has 0 radical (unpaired) electrons. The van der Waals surface area contributed by atoms with Crippen LogP contribution in [-0.2, 0) is 0 Å². The molecule has 1 heterocycles. The van der Waals surface area contributed by atoms with E-state index in [9.17, 15) is 5.11 Å². The van der Waals surface area contributed by atoms with E-state index < -0.39 is 0 Å². The highest BCUT2D eigenvalue weighted by atomic mass is 16.3. The Labute approximate surface area is 112 Å². The molecule has 108 valence electrons. The van der Waals surface area contributed by atoms with Gasteiger partial charge in [-0.1, -0.05) is 6.92 Å². The molecule has 0 aromatic carbocycles. The third kappa shape index (κ3) is 4.84. The molecule has 1 atom stereocenters. The SMILES string of the molecule is CCNC(C)(CO)CCN1CCC(N(C)C)CC1. The van der Waals surface area contributed by atoms with Crippen molar-refractivity contribution in [3.05, 3.63) is 0 Å². The van der Waals surface area contributed by atoms with E-state index in [4.69, 9.17) is 0 Å². The number of aliphatic hydroxyl groups excluding tert-OH is 1. The summed E-state index contributed by atoms with van der Waals surface area (Å²) in [6.45, 7) is 8.81. The minimum Gasteiger partial charge on any atom is -0.394 e. The number of nitrogens with zero attached hydrogens (tertiary/aromatic N) is 2. The lowest BCUT2D eigenvalue weighted by Gasteiger charge is -2.37. The van der Waals surface area contributed by atoms with Crippen LogP contribution in [0.3, 0.4) is 0 Å². The van der Waals surface area contributed by atoms with Gasteiger partial charge in [0.15, 0.2) is 0 Å². The van der Waals surface area contributed by atoms with Crippen molar-refractivity contribution < 1.29 is 5.11 Å². The highest BCUT2D eigenvalue weighted by Gasteiger charge is 2.25. The maximum Gasteiger partial charge on any atom is 0.0611 e. The van der Waals surface area contributed by atoms with Crippen molar-refractivity contribution in [2.45, 2.75) is 44.7 Å². The van der Waals surface area contributed by atoms with Gasteiger partial charge < -0.3 is 20.2 Å². The fourth-order valence-electron chi connectivity index (χ4n) is 2.71. The number of hydrogen-bond acceptors (Lipinski definition) is 4. The van der Waals surface area contributed by atoms with Crippen molar-refractivity contribution >= 4 is 0 Å². The highest BCUT2D eigenvalue weighted by Crippen LogP contribution is 2.16. The Morgan fingerprint density at radius 2 is 1.94 bits per heavy atom. The third-order valence-corrected chi connectivity index (χ3v) is 4.22. The summed E-state index contributed by atoms with van der Waals surface area (Å²) in [6, 6.07) is 0.749. The number of likely N-dealkylation sites (N-methyl/N-ethyl adjacent to an activating group) is 1. The van der Waals surface area contributed by atoms with Gasteiger partial charge in [0.1, 0.15) is 0 Å². The van der Waals surface area contributed by atoms with Gasteiger partial charge in [0.2, 0.25) is 0 Å². The quantitative estimate of drug-likeness (QED) is 0.706. The summed E-state index contributed by atoms with van der Waals surface area (Å²) in [4.78, 5) is 4.87. The molecule has 1 saturated heterocycles. The maximum atomic E-state index is 9.47. The molecule has 4 nitrogen and oxygen atoms in total. The van der Waals surface area contributed by atoms with Crippen LogP contribution in [0.4, 0.5) is 0 Å². The van der Waals surface area contributed by atoms with Crippen molar-refractivity contribution in [3.8, 4) is 0 Å². The van der Waals surface area contributed by atoms with Gasteiger partial charge >= 0.3 is 0 Å². The second-order valence-corrected chi connectivity index (χ2v) is 6.04. The van der Waals surface area contributed by atoms with Crippen LogP contribution in [0.25, 0.3) is 0 Å². The topological polar surface area (TPSA) is 38.7 Å². The summed E-state index contributed by atoms with van der Waals surface area (Å²) >= 11 is 0. The van der Waals surface area contributed by atoms with Crippen molar-refractivity contribution in [3.63, 3.8) is 0 Å². The summed E-state index contributed by atoms with van der Waals surface area (Å²) in [5.74, 6) is 0. The fourth-order valence-corrected chi connectivity index (χ4v) is 2.71. The Kier molecular flexibility index (Phi) is 6.57. The highest BCUT2D eigenvalue weighted by molar-refractivity contribution is 4.84. The molecular formula is C14H31N3O. The molecule has 0 spiro atoms. The van der Waals surface area contributed by atoms with E-state index in [1.165, 1.54) is 25.9 Å². The van der Waals surface area contributed by atoms with E-state index in [2.05, 4.69) is 43.1 Å². The van der Waals surface area contributed by atoms with E-state index in [1.807, 2.05) is 0 Å². The molecule has 18 heavy (non-hydrogen) atoms. The molecule has 1 unspecified atom stereocenters. The van der Waals surface area contributed by atoms with Crippen LogP contribution in [0.15, 0.2) is 0 Å². The Balaban J connectivity index is 2.28. The van der Waals surface area contributed by atoms with Crippen LogP contribution in [0.5, 0.6) is 0 Å². The first-order chi connectivity index (χ1) is 8.50. The maximum absolute atomic E-state index is 9.47. The molecule has 0 saturated carbocycles. The number of rotatable bonds is 7. The molecule has 0 bridgehead atoms. The second-order valence-electron chi connectivity index (χ2n) is 6.04. The summed E-state index contributed by atoms with van der Waals surface area (Å²) in [6.07, 6.45) is 3.55. The smallest absolute Gasteiger partial charge is 0.0611 e. The van der Waals surface area contributed by atoms with Crippen molar-refractivity contribution in [1.29, 1.82) is 0 Å². The van der Waals surface area contributed by atoms with Crippen LogP contribution in [0.1, 0.15) is 33.1 Å². The van der Waals surface area contributed by atoms with Crippen LogP contribution < -0.4 is 5.32 Å². The molecule has 1 aliphatic rings. The van der Waals surface area contributed by atoms with Crippen molar-refractivity contribution in [2.75, 3.05) is 46.9 Å². The average molecular weight is 257 g/mol. The molecule has 1 aliphatic heterocycles. The van der Waals surface area contributed by atoms with Gasteiger partial charge in [0.05, 0.1) is 6.61 Å². The predicted molar refractivity (Wildman–Crippen MR) is 76.9 cm³/mol. The molecular weight excluding hydrogens is 226 g/mol. The standard InChI is InChI=1S/C14H31N3O/c1-5-15-14(2,12-18)8-11-17-9-6-13(7-10-17)16(3)4/h13,15,18H,5-12H2,1-4H3. The first kappa shape index (κ1) is 15.9. The Morgan fingerprint density at radius 3 is 2.39 bits per heavy atom. The first-order valence-corrected chi connectivity index (χ1v) is 7.25. The summed E-state index contributed by atoms with van der Waals surface area (Å²) < 4.78 is 0. The first-order valence-electron chi connectivity index (χ1n) is 7.25. The minimum atomic E-state index is -0.118. The lowest BCUT2D eigenvalue weighted by Crippen LogP contribution is -2.49. The van der Waals surface area contributed by atoms with Crippen molar-refractivity contribution in [2.24, 2.45) is 0 Å². The lowest BCUT2D eigenvalue weighted by molar-refractivity contribution is 0.115. The van der Waals surface area contributed by atoms with Crippen LogP contribution in [-0.4, -0.2) is 73.4 Å². The van der Waals surface area contributed by atoms with Crippen LogP contribution in [0.2, 0.25) is 0 Å². The number of likely N-dealkylation sites (tertiary alicyclic amines) is 1. The second kappa shape index (κ2) is 7.43. The van der Waals surface area contributed by atoms with Crippen LogP contribution >= 0.6 is 0 Å². The third-order valence-electron chi connectivity index (χ3n) is 4.22. The zero-order valence-electron chi connectivity index (χ0n) is 12.6. The number of piperidine rings is 1. The van der Waals surface area contributed by atoms with E-state index in [-0.39, 0.29) is 12.1 Å². The van der Waals surface area contributed by atoms with Gasteiger partial charge in [-0.25, -0.2) is 0 Å². The van der Waals surface area contributed by atoms with Crippen LogP contribution in [0, 0.1) is 0 Å². The minimum absolute atomic E-state index is 0.118. The molecule has 2 N–H and O–H groups in total. The fraction of sp³-hybridized carbons (Fsp3) is 1.00. The molecule has 1 rings (SSSR count). The van der Waals surface area contributed by atoms with Gasteiger partial charge in [-0.3, -0.25) is 0 Å². The van der Waals surface area contributed by atoms with Gasteiger partial charge in [-0.2, -0.15) is 0 Å². The Hall–Kier alpha value is -0.160. The largest absolute Gasteiger partial charge is 0.394 e. The molecule has 4 heteroatoms. The van der Waals surface area contributed by atoms with Gasteiger partial charge in [-0.15, -0.1) is 0 Å². The van der Waals surface area contributed by atoms with E-state index >= 15 is 0 Å².